The molecule has 8 heteroatoms. The number of hydroxylamine groups is 1. The maximum atomic E-state index is 6.51. The van der Waals surface area contributed by atoms with E-state index >= 15 is 0 Å². The van der Waals surface area contributed by atoms with E-state index < -0.39 is 0 Å². The Labute approximate surface area is 238 Å². The predicted molar refractivity (Wildman–Crippen MR) is 155 cm³/mol. The molecule has 0 saturated heterocycles. The standard InChI is InChI=1S/C32H42N2O6/c1-35-19-20-38-21-22-39-29-15-11-27(12-16-29)26-9-13-28(14-10-26)34(40-23-25-7-5-4-6-8-25)31-17-18-33-30(24-36-2)32(31)37-3/h4-8,11-12,15-18,26,28H,9-10,13-14,19-24H2,1-3H3/t26-,28+. The lowest BCUT2D eigenvalue weighted by atomic mass is 9.81. The first kappa shape index (κ1) is 29.8. The summed E-state index contributed by atoms with van der Waals surface area (Å²) in [6.07, 6.45) is 5.94. The first-order chi connectivity index (χ1) is 19.7. The molecule has 0 radical (unpaired) electrons. The highest BCUT2D eigenvalue weighted by Gasteiger charge is 2.30. The third kappa shape index (κ3) is 8.41. The number of nitrogens with zero attached hydrogens (tertiary/aromatic N) is 2. The van der Waals surface area contributed by atoms with Crippen molar-refractivity contribution in [2.75, 3.05) is 52.8 Å². The fraction of sp³-hybridized carbons (Fsp3) is 0.469. The topological polar surface area (TPSA) is 71.5 Å². The van der Waals surface area contributed by atoms with Crippen LogP contribution in [0.1, 0.15) is 48.4 Å². The van der Waals surface area contributed by atoms with E-state index in [1.807, 2.05) is 24.3 Å². The number of ether oxygens (including phenoxy) is 5. The number of benzene rings is 2. The molecule has 0 N–H and O–H groups in total. The lowest BCUT2D eigenvalue weighted by molar-refractivity contribution is 0.0544. The molecule has 3 aromatic rings. The van der Waals surface area contributed by atoms with Crippen LogP contribution in [0.5, 0.6) is 11.5 Å². The van der Waals surface area contributed by atoms with Gasteiger partial charge in [-0.25, -0.2) is 5.06 Å². The molecule has 216 valence electrons. The molecule has 0 unspecified atom stereocenters. The Morgan fingerprint density at radius 2 is 1.52 bits per heavy atom. The average molecular weight is 551 g/mol. The number of methoxy groups -OCH3 is 3. The van der Waals surface area contributed by atoms with E-state index in [-0.39, 0.29) is 6.04 Å². The summed E-state index contributed by atoms with van der Waals surface area (Å²) >= 11 is 0. The Morgan fingerprint density at radius 1 is 0.775 bits per heavy atom. The van der Waals surface area contributed by atoms with Gasteiger partial charge in [-0.1, -0.05) is 42.5 Å². The Balaban J connectivity index is 1.39. The Hall–Kier alpha value is -3.17. The fourth-order valence-corrected chi connectivity index (χ4v) is 5.15. The number of hydrogen-bond acceptors (Lipinski definition) is 8. The molecule has 1 saturated carbocycles. The average Bonchev–Trinajstić information content (AvgIpc) is 3.00. The van der Waals surface area contributed by atoms with Crippen LogP contribution in [0.4, 0.5) is 5.69 Å². The van der Waals surface area contributed by atoms with E-state index in [1.165, 1.54) is 5.56 Å². The molecule has 1 aromatic heterocycles. The monoisotopic (exact) mass is 550 g/mol. The van der Waals surface area contributed by atoms with Crippen LogP contribution in [0, 0.1) is 0 Å². The van der Waals surface area contributed by atoms with Crippen molar-refractivity contribution < 1.29 is 28.5 Å². The molecule has 4 rings (SSSR count). The van der Waals surface area contributed by atoms with E-state index in [0.717, 1.165) is 48.4 Å². The van der Waals surface area contributed by atoms with Crippen molar-refractivity contribution in [2.45, 2.75) is 50.9 Å². The summed E-state index contributed by atoms with van der Waals surface area (Å²) < 4.78 is 27.5. The smallest absolute Gasteiger partial charge is 0.168 e. The molecular formula is C32H42N2O6. The molecule has 1 aliphatic carbocycles. The van der Waals surface area contributed by atoms with Crippen LogP contribution in [0.25, 0.3) is 0 Å². The molecule has 2 aromatic carbocycles. The van der Waals surface area contributed by atoms with Crippen LogP contribution >= 0.6 is 0 Å². The van der Waals surface area contributed by atoms with Gasteiger partial charge in [0.2, 0.25) is 0 Å². The Morgan fingerprint density at radius 3 is 2.23 bits per heavy atom. The molecule has 0 bridgehead atoms. The van der Waals surface area contributed by atoms with Gasteiger partial charge in [0.1, 0.15) is 23.7 Å². The van der Waals surface area contributed by atoms with Crippen LogP contribution in [-0.4, -0.2) is 58.8 Å². The van der Waals surface area contributed by atoms with Crippen molar-refractivity contribution in [3.8, 4) is 11.5 Å². The number of pyridine rings is 1. The minimum atomic E-state index is 0.215. The summed E-state index contributed by atoms with van der Waals surface area (Å²) in [5, 5.41) is 2.05. The highest BCUT2D eigenvalue weighted by Crippen LogP contribution is 2.40. The van der Waals surface area contributed by atoms with Gasteiger partial charge in [-0.15, -0.1) is 0 Å². The Bertz CT molecular complexity index is 1120. The van der Waals surface area contributed by atoms with Gasteiger partial charge in [0, 0.05) is 20.4 Å². The molecule has 1 fully saturated rings. The van der Waals surface area contributed by atoms with E-state index in [2.05, 4.69) is 46.4 Å². The van der Waals surface area contributed by atoms with Crippen LogP contribution in [0.15, 0.2) is 66.9 Å². The summed E-state index contributed by atoms with van der Waals surface area (Å²) in [5.74, 6) is 2.06. The second-order valence-electron chi connectivity index (χ2n) is 9.86. The predicted octanol–water partition coefficient (Wildman–Crippen LogP) is 5.94. The molecule has 8 nitrogen and oxygen atoms in total. The lowest BCUT2D eigenvalue weighted by Gasteiger charge is -2.38. The van der Waals surface area contributed by atoms with Crippen molar-refractivity contribution >= 4 is 5.69 Å². The maximum absolute atomic E-state index is 6.51. The second-order valence-corrected chi connectivity index (χ2v) is 9.86. The molecule has 0 aliphatic heterocycles. The number of hydrogen-bond donors (Lipinski definition) is 0. The van der Waals surface area contributed by atoms with E-state index in [9.17, 15) is 0 Å². The van der Waals surface area contributed by atoms with Gasteiger partial charge in [0.25, 0.3) is 0 Å². The summed E-state index contributed by atoms with van der Waals surface area (Å²) in [5.41, 5.74) is 4.11. The summed E-state index contributed by atoms with van der Waals surface area (Å²) in [6.45, 7) is 3.10. The Kier molecular flexibility index (Phi) is 12.1. The van der Waals surface area contributed by atoms with Crippen LogP contribution in [0.3, 0.4) is 0 Å². The van der Waals surface area contributed by atoms with Crippen LogP contribution in [-0.2, 0) is 32.3 Å². The van der Waals surface area contributed by atoms with E-state index in [0.29, 0.717) is 51.3 Å². The molecule has 0 spiro atoms. The van der Waals surface area contributed by atoms with Crippen molar-refractivity contribution in [2.24, 2.45) is 0 Å². The third-order valence-corrected chi connectivity index (χ3v) is 7.20. The van der Waals surface area contributed by atoms with E-state index in [4.69, 9.17) is 28.5 Å². The first-order valence-corrected chi connectivity index (χ1v) is 14.0. The van der Waals surface area contributed by atoms with Gasteiger partial charge >= 0.3 is 0 Å². The minimum Gasteiger partial charge on any atom is -0.492 e. The third-order valence-electron chi connectivity index (χ3n) is 7.20. The molecule has 1 aliphatic rings. The van der Waals surface area contributed by atoms with Crippen LogP contribution in [0.2, 0.25) is 0 Å². The fourth-order valence-electron chi connectivity index (χ4n) is 5.15. The molecular weight excluding hydrogens is 508 g/mol. The van der Waals surface area contributed by atoms with Crippen molar-refractivity contribution in [1.82, 2.24) is 4.98 Å². The second kappa shape index (κ2) is 16.2. The van der Waals surface area contributed by atoms with E-state index in [1.54, 1.807) is 27.5 Å². The summed E-state index contributed by atoms with van der Waals surface area (Å²) in [7, 11) is 5.00. The van der Waals surface area contributed by atoms with Gasteiger partial charge in [0.15, 0.2) is 5.75 Å². The van der Waals surface area contributed by atoms with Gasteiger partial charge in [-0.3, -0.25) is 9.82 Å². The molecule has 1 heterocycles. The van der Waals surface area contributed by atoms with Gasteiger partial charge in [-0.05, 0) is 60.9 Å². The molecule has 40 heavy (non-hydrogen) atoms. The van der Waals surface area contributed by atoms with Crippen molar-refractivity contribution in [3.63, 3.8) is 0 Å². The molecule has 0 amide bonds. The van der Waals surface area contributed by atoms with Gasteiger partial charge in [-0.2, -0.15) is 0 Å². The van der Waals surface area contributed by atoms with Gasteiger partial charge < -0.3 is 23.7 Å². The zero-order valence-electron chi connectivity index (χ0n) is 23.9. The first-order valence-electron chi connectivity index (χ1n) is 14.0. The highest BCUT2D eigenvalue weighted by molar-refractivity contribution is 5.59. The quantitative estimate of drug-likeness (QED) is 0.160. The summed E-state index contributed by atoms with van der Waals surface area (Å²) in [4.78, 5) is 11.0. The number of aromatic nitrogens is 1. The zero-order chi connectivity index (χ0) is 28.0. The normalized spacial score (nSPS) is 17.0. The number of rotatable bonds is 16. The minimum absolute atomic E-state index is 0.215. The maximum Gasteiger partial charge on any atom is 0.168 e. The van der Waals surface area contributed by atoms with Gasteiger partial charge in [0.05, 0.1) is 46.2 Å². The lowest BCUT2D eigenvalue weighted by Crippen LogP contribution is -2.38. The summed E-state index contributed by atoms with van der Waals surface area (Å²) in [6, 6.07) is 20.9. The highest BCUT2D eigenvalue weighted by atomic mass is 16.7. The molecule has 0 atom stereocenters. The van der Waals surface area contributed by atoms with Crippen LogP contribution < -0.4 is 14.5 Å². The SMILES string of the molecule is COCCOCCOc1ccc([C@H]2CC[C@@H](N(OCc3ccccc3)c3ccnc(COC)c3OC)CC2)cc1. The number of anilines is 1. The van der Waals surface area contributed by atoms with Crippen molar-refractivity contribution in [3.05, 3.63) is 83.7 Å². The largest absolute Gasteiger partial charge is 0.492 e. The van der Waals surface area contributed by atoms with Crippen molar-refractivity contribution in [1.29, 1.82) is 0 Å². The zero-order valence-corrected chi connectivity index (χ0v) is 23.9.